The average Bonchev–Trinajstić information content (AvgIpc) is 1.93. The van der Waals surface area contributed by atoms with Gasteiger partial charge < -0.3 is 0 Å². The standard InChI is InChI=1S/C7H14.C2H6/c1-4-6-7(3)5-2;1-2/h4,7H,1,5-6H2,2-3H3;1-2H3/t7-;/m1./s1. The van der Waals surface area contributed by atoms with E-state index >= 15 is 0 Å². The number of rotatable bonds is 3. The predicted octanol–water partition coefficient (Wildman–Crippen LogP) is 3.63. The Morgan fingerprint density at radius 2 is 1.89 bits per heavy atom. The SMILES string of the molecule is C=CC[C@H](C)CC.CC. The zero-order chi connectivity index (χ0) is 7.70. The lowest BCUT2D eigenvalue weighted by atomic mass is 10.1. The van der Waals surface area contributed by atoms with Gasteiger partial charge in [-0.3, -0.25) is 0 Å². The molecule has 0 saturated heterocycles. The molecule has 0 aliphatic rings. The fourth-order valence-electron chi connectivity index (χ4n) is 0.451. The van der Waals surface area contributed by atoms with Crippen LogP contribution >= 0.6 is 0 Å². The first-order chi connectivity index (χ1) is 4.31. The van der Waals surface area contributed by atoms with E-state index in [1.54, 1.807) is 0 Å². The molecule has 9 heavy (non-hydrogen) atoms. The largest absolute Gasteiger partial charge is 0.103 e. The lowest BCUT2D eigenvalue weighted by molar-refractivity contribution is 0.572. The molecule has 0 unspecified atom stereocenters. The highest BCUT2D eigenvalue weighted by Crippen LogP contribution is 2.04. The van der Waals surface area contributed by atoms with Crippen molar-refractivity contribution >= 4 is 0 Å². The van der Waals surface area contributed by atoms with Gasteiger partial charge in [-0.25, -0.2) is 0 Å². The van der Waals surface area contributed by atoms with Gasteiger partial charge in [0.1, 0.15) is 0 Å². The van der Waals surface area contributed by atoms with E-state index in [0.29, 0.717) is 0 Å². The van der Waals surface area contributed by atoms with Gasteiger partial charge in [-0.2, -0.15) is 0 Å². The van der Waals surface area contributed by atoms with E-state index in [1.165, 1.54) is 6.42 Å². The van der Waals surface area contributed by atoms with Gasteiger partial charge in [0.05, 0.1) is 0 Å². The molecule has 0 fully saturated rings. The van der Waals surface area contributed by atoms with Crippen LogP contribution in [-0.4, -0.2) is 0 Å². The Morgan fingerprint density at radius 3 is 2.00 bits per heavy atom. The van der Waals surface area contributed by atoms with Crippen molar-refractivity contribution in [3.05, 3.63) is 12.7 Å². The van der Waals surface area contributed by atoms with Crippen LogP contribution in [-0.2, 0) is 0 Å². The van der Waals surface area contributed by atoms with Crippen molar-refractivity contribution in [3.8, 4) is 0 Å². The van der Waals surface area contributed by atoms with Gasteiger partial charge in [-0.1, -0.05) is 40.2 Å². The molecule has 0 rings (SSSR count). The third kappa shape index (κ3) is 11.4. The van der Waals surface area contributed by atoms with Crippen LogP contribution in [0.2, 0.25) is 0 Å². The van der Waals surface area contributed by atoms with Gasteiger partial charge in [-0.15, -0.1) is 6.58 Å². The van der Waals surface area contributed by atoms with Gasteiger partial charge in [0.15, 0.2) is 0 Å². The number of hydrogen-bond donors (Lipinski definition) is 0. The molecule has 0 nitrogen and oxygen atoms in total. The van der Waals surface area contributed by atoms with Gasteiger partial charge in [0.25, 0.3) is 0 Å². The van der Waals surface area contributed by atoms with E-state index in [0.717, 1.165) is 12.3 Å². The Morgan fingerprint density at radius 1 is 1.44 bits per heavy atom. The predicted molar refractivity (Wildman–Crippen MR) is 45.6 cm³/mol. The maximum Gasteiger partial charge on any atom is -0.0328 e. The summed E-state index contributed by atoms with van der Waals surface area (Å²) in [5.74, 6) is 0.831. The Balaban J connectivity index is 0. The minimum absolute atomic E-state index is 0.831. The smallest absolute Gasteiger partial charge is 0.0328 e. The van der Waals surface area contributed by atoms with E-state index in [-0.39, 0.29) is 0 Å². The molecule has 0 aromatic heterocycles. The quantitative estimate of drug-likeness (QED) is 0.509. The molecular weight excluding hydrogens is 108 g/mol. The fourth-order valence-corrected chi connectivity index (χ4v) is 0.451. The van der Waals surface area contributed by atoms with Crippen LogP contribution in [0, 0.1) is 5.92 Å². The highest BCUT2D eigenvalue weighted by atomic mass is 14.0. The van der Waals surface area contributed by atoms with Crippen molar-refractivity contribution < 1.29 is 0 Å². The molecule has 0 aromatic carbocycles. The summed E-state index contributed by atoms with van der Waals surface area (Å²) in [6.07, 6.45) is 4.41. The molecule has 0 spiro atoms. The normalized spacial score (nSPS) is 11.1. The van der Waals surface area contributed by atoms with Gasteiger partial charge >= 0.3 is 0 Å². The van der Waals surface area contributed by atoms with Crippen LogP contribution in [0.15, 0.2) is 12.7 Å². The van der Waals surface area contributed by atoms with Crippen molar-refractivity contribution in [2.75, 3.05) is 0 Å². The molecule has 0 bridgehead atoms. The monoisotopic (exact) mass is 128 g/mol. The highest BCUT2D eigenvalue weighted by Gasteiger charge is 1.90. The second-order valence-corrected chi connectivity index (χ2v) is 2.04. The summed E-state index contributed by atoms with van der Waals surface area (Å²) in [6.45, 7) is 12.1. The average molecular weight is 128 g/mol. The zero-order valence-corrected chi connectivity index (χ0v) is 7.28. The highest BCUT2D eigenvalue weighted by molar-refractivity contribution is 4.68. The first-order valence-electron chi connectivity index (χ1n) is 3.92. The summed E-state index contributed by atoms with van der Waals surface area (Å²) in [5, 5.41) is 0. The molecule has 0 heteroatoms. The molecule has 0 aliphatic heterocycles. The molecule has 0 aromatic rings. The van der Waals surface area contributed by atoms with Crippen LogP contribution in [0.25, 0.3) is 0 Å². The maximum atomic E-state index is 3.65. The number of hydrogen-bond acceptors (Lipinski definition) is 0. The second kappa shape index (κ2) is 10.7. The van der Waals surface area contributed by atoms with E-state index < -0.39 is 0 Å². The van der Waals surface area contributed by atoms with E-state index in [9.17, 15) is 0 Å². The van der Waals surface area contributed by atoms with Gasteiger partial charge in [-0.05, 0) is 12.3 Å². The lowest BCUT2D eigenvalue weighted by Gasteiger charge is -2.00. The minimum atomic E-state index is 0.831. The Bertz CT molecular complexity index is 46.0. The van der Waals surface area contributed by atoms with Crippen molar-refractivity contribution in [3.63, 3.8) is 0 Å². The Hall–Kier alpha value is -0.260. The molecule has 56 valence electrons. The summed E-state index contributed by atoms with van der Waals surface area (Å²) in [5.41, 5.74) is 0. The maximum absolute atomic E-state index is 3.65. The summed E-state index contributed by atoms with van der Waals surface area (Å²) in [6, 6.07) is 0. The molecule has 0 heterocycles. The first-order valence-corrected chi connectivity index (χ1v) is 3.92. The summed E-state index contributed by atoms with van der Waals surface area (Å²) >= 11 is 0. The van der Waals surface area contributed by atoms with Crippen LogP contribution in [0.1, 0.15) is 40.5 Å². The third-order valence-electron chi connectivity index (χ3n) is 1.27. The Kier molecular flexibility index (Phi) is 13.7. The van der Waals surface area contributed by atoms with Gasteiger partial charge in [0, 0.05) is 0 Å². The van der Waals surface area contributed by atoms with Crippen LogP contribution in [0.3, 0.4) is 0 Å². The topological polar surface area (TPSA) is 0 Å². The molecule has 0 amide bonds. The van der Waals surface area contributed by atoms with E-state index in [2.05, 4.69) is 20.4 Å². The molecule has 0 N–H and O–H groups in total. The van der Waals surface area contributed by atoms with Crippen LogP contribution in [0.4, 0.5) is 0 Å². The van der Waals surface area contributed by atoms with E-state index in [1.807, 2.05) is 19.9 Å². The Labute approximate surface area is 60.0 Å². The van der Waals surface area contributed by atoms with Crippen molar-refractivity contribution in [2.24, 2.45) is 5.92 Å². The van der Waals surface area contributed by atoms with Crippen LogP contribution in [0.5, 0.6) is 0 Å². The molecule has 0 radical (unpaired) electrons. The minimum Gasteiger partial charge on any atom is -0.103 e. The van der Waals surface area contributed by atoms with E-state index in [4.69, 9.17) is 0 Å². The van der Waals surface area contributed by atoms with Crippen molar-refractivity contribution in [1.82, 2.24) is 0 Å². The zero-order valence-electron chi connectivity index (χ0n) is 7.28. The summed E-state index contributed by atoms with van der Waals surface area (Å²) in [4.78, 5) is 0. The van der Waals surface area contributed by atoms with Crippen molar-refractivity contribution in [1.29, 1.82) is 0 Å². The van der Waals surface area contributed by atoms with Crippen molar-refractivity contribution in [2.45, 2.75) is 40.5 Å². The molecule has 0 aliphatic carbocycles. The lowest BCUT2D eigenvalue weighted by Crippen LogP contribution is -1.86. The third-order valence-corrected chi connectivity index (χ3v) is 1.27. The summed E-state index contributed by atoms with van der Waals surface area (Å²) in [7, 11) is 0. The fraction of sp³-hybridized carbons (Fsp3) is 0.778. The molecule has 1 atom stereocenters. The van der Waals surface area contributed by atoms with Crippen LogP contribution < -0.4 is 0 Å². The number of allylic oxidation sites excluding steroid dienone is 1. The second-order valence-electron chi connectivity index (χ2n) is 2.04. The first kappa shape index (κ1) is 11.5. The summed E-state index contributed by atoms with van der Waals surface area (Å²) < 4.78 is 0. The van der Waals surface area contributed by atoms with Gasteiger partial charge in [0.2, 0.25) is 0 Å². The molecular formula is C9H20. The molecule has 0 saturated carbocycles.